The van der Waals surface area contributed by atoms with Crippen LogP contribution in [0.3, 0.4) is 0 Å². The summed E-state index contributed by atoms with van der Waals surface area (Å²) in [5.74, 6) is 2.22. The number of carbonyl (C=O) groups is 1. The van der Waals surface area contributed by atoms with E-state index < -0.39 is 0 Å². The lowest BCUT2D eigenvalue weighted by Gasteiger charge is -2.10. The van der Waals surface area contributed by atoms with E-state index in [-0.39, 0.29) is 11.7 Å². The van der Waals surface area contributed by atoms with Crippen LogP contribution in [0.5, 0.6) is 5.75 Å². The van der Waals surface area contributed by atoms with Crippen molar-refractivity contribution in [2.75, 3.05) is 5.75 Å². The summed E-state index contributed by atoms with van der Waals surface area (Å²) >= 11 is 7.25. The highest BCUT2D eigenvalue weighted by molar-refractivity contribution is 7.99. The van der Waals surface area contributed by atoms with E-state index in [1.807, 2.05) is 47.9 Å². The number of halogens is 1. The second-order valence-electron chi connectivity index (χ2n) is 7.35. The molecule has 0 radical (unpaired) electrons. The van der Waals surface area contributed by atoms with E-state index >= 15 is 0 Å². The zero-order valence-electron chi connectivity index (χ0n) is 18.0. The molecule has 31 heavy (non-hydrogen) atoms. The molecular formula is C23H27ClN4O2S. The number of hydrogen-bond donors (Lipinski definition) is 1. The maximum absolute atomic E-state index is 12.2. The standard InChI is InChI=1S/C23H27ClN4O2S/c1-4-28-21(14-30-20-11-7-18(8-12-20)16(2)3)26-27-23(28)31-15-22(29)25-13-17-5-9-19(24)10-6-17/h5-12,16H,4,13-15H2,1-3H3,(H,25,29). The third kappa shape index (κ3) is 6.74. The van der Waals surface area contributed by atoms with Crippen LogP contribution in [0.2, 0.25) is 5.02 Å². The van der Waals surface area contributed by atoms with E-state index in [0.717, 1.165) is 17.1 Å². The summed E-state index contributed by atoms with van der Waals surface area (Å²) in [5.41, 5.74) is 2.28. The van der Waals surface area contributed by atoms with Crippen LogP contribution in [-0.4, -0.2) is 26.4 Å². The minimum absolute atomic E-state index is 0.0614. The van der Waals surface area contributed by atoms with Crippen molar-refractivity contribution < 1.29 is 9.53 Å². The molecule has 1 amide bonds. The van der Waals surface area contributed by atoms with Crippen molar-refractivity contribution in [3.05, 3.63) is 70.5 Å². The highest BCUT2D eigenvalue weighted by atomic mass is 35.5. The molecule has 1 aromatic heterocycles. The van der Waals surface area contributed by atoms with Gasteiger partial charge < -0.3 is 14.6 Å². The Kier molecular flexibility index (Phi) is 8.37. The number of hydrogen-bond acceptors (Lipinski definition) is 5. The third-order valence-corrected chi connectivity index (χ3v) is 5.98. The summed E-state index contributed by atoms with van der Waals surface area (Å²) in [7, 11) is 0. The highest BCUT2D eigenvalue weighted by Crippen LogP contribution is 2.21. The smallest absolute Gasteiger partial charge is 0.230 e. The molecule has 0 aliphatic carbocycles. The molecule has 1 heterocycles. The molecule has 164 valence electrons. The Hall–Kier alpha value is -2.51. The molecule has 3 aromatic rings. The molecule has 0 unspecified atom stereocenters. The number of thioether (sulfide) groups is 1. The molecule has 0 aliphatic rings. The van der Waals surface area contributed by atoms with Crippen molar-refractivity contribution in [3.63, 3.8) is 0 Å². The van der Waals surface area contributed by atoms with Crippen LogP contribution in [-0.2, 0) is 24.5 Å². The Morgan fingerprint density at radius 2 is 1.84 bits per heavy atom. The molecule has 0 bridgehead atoms. The molecule has 0 aliphatic heterocycles. The van der Waals surface area contributed by atoms with Gasteiger partial charge in [0.2, 0.25) is 5.91 Å². The number of benzene rings is 2. The van der Waals surface area contributed by atoms with Gasteiger partial charge >= 0.3 is 0 Å². The van der Waals surface area contributed by atoms with Gasteiger partial charge in [-0.25, -0.2) is 0 Å². The molecule has 8 heteroatoms. The van der Waals surface area contributed by atoms with Crippen molar-refractivity contribution >= 4 is 29.3 Å². The fourth-order valence-corrected chi connectivity index (χ4v) is 3.91. The van der Waals surface area contributed by atoms with Crippen LogP contribution in [0.15, 0.2) is 53.7 Å². The lowest BCUT2D eigenvalue weighted by molar-refractivity contribution is -0.118. The minimum atomic E-state index is -0.0614. The molecule has 2 aromatic carbocycles. The first-order valence-electron chi connectivity index (χ1n) is 10.2. The zero-order valence-corrected chi connectivity index (χ0v) is 19.5. The quantitative estimate of drug-likeness (QED) is 0.430. The molecule has 1 N–H and O–H groups in total. The largest absolute Gasteiger partial charge is 0.486 e. The Bertz CT molecular complexity index is 988. The van der Waals surface area contributed by atoms with E-state index in [1.54, 1.807) is 0 Å². The third-order valence-electron chi connectivity index (χ3n) is 4.76. The van der Waals surface area contributed by atoms with Crippen LogP contribution in [0.4, 0.5) is 0 Å². The van der Waals surface area contributed by atoms with Gasteiger partial charge in [0.25, 0.3) is 0 Å². The fourth-order valence-electron chi connectivity index (χ4n) is 2.93. The van der Waals surface area contributed by atoms with Gasteiger partial charge in [0.05, 0.1) is 5.75 Å². The summed E-state index contributed by atoms with van der Waals surface area (Å²) in [6.07, 6.45) is 0. The number of aromatic nitrogens is 3. The Labute approximate surface area is 192 Å². The van der Waals surface area contributed by atoms with E-state index in [1.165, 1.54) is 17.3 Å². The monoisotopic (exact) mass is 458 g/mol. The van der Waals surface area contributed by atoms with Crippen LogP contribution < -0.4 is 10.1 Å². The summed E-state index contributed by atoms with van der Waals surface area (Å²) in [5, 5.41) is 12.8. The summed E-state index contributed by atoms with van der Waals surface area (Å²) in [6, 6.07) is 15.5. The first-order chi connectivity index (χ1) is 15.0. The first-order valence-corrected chi connectivity index (χ1v) is 11.6. The molecule has 3 rings (SSSR count). The fraction of sp³-hybridized carbons (Fsp3) is 0.348. The second kappa shape index (κ2) is 11.2. The molecule has 0 spiro atoms. The van der Waals surface area contributed by atoms with Gasteiger partial charge in [0, 0.05) is 18.1 Å². The van der Waals surface area contributed by atoms with E-state index in [9.17, 15) is 4.79 Å². The van der Waals surface area contributed by atoms with Crippen LogP contribution in [0.1, 0.15) is 43.6 Å². The van der Waals surface area contributed by atoms with E-state index in [2.05, 4.69) is 41.5 Å². The minimum Gasteiger partial charge on any atom is -0.486 e. The Balaban J connectivity index is 1.50. The summed E-state index contributed by atoms with van der Waals surface area (Å²) in [4.78, 5) is 12.2. The normalized spacial score (nSPS) is 11.0. The van der Waals surface area contributed by atoms with Gasteiger partial charge in [-0.1, -0.05) is 61.5 Å². The van der Waals surface area contributed by atoms with Crippen molar-refractivity contribution in [1.82, 2.24) is 20.1 Å². The Morgan fingerprint density at radius 1 is 1.13 bits per heavy atom. The summed E-state index contributed by atoms with van der Waals surface area (Å²) in [6.45, 7) is 7.84. The molecule has 6 nitrogen and oxygen atoms in total. The van der Waals surface area contributed by atoms with Gasteiger partial charge in [-0.3, -0.25) is 4.79 Å². The summed E-state index contributed by atoms with van der Waals surface area (Å²) < 4.78 is 7.85. The molecule has 0 saturated carbocycles. The van der Waals surface area contributed by atoms with E-state index in [0.29, 0.717) is 35.8 Å². The highest BCUT2D eigenvalue weighted by Gasteiger charge is 2.14. The molecule has 0 fully saturated rings. The average molecular weight is 459 g/mol. The van der Waals surface area contributed by atoms with Crippen LogP contribution in [0, 0.1) is 0 Å². The SMILES string of the molecule is CCn1c(COc2ccc(C(C)C)cc2)nnc1SCC(=O)NCc1ccc(Cl)cc1. The topological polar surface area (TPSA) is 69.0 Å². The van der Waals surface area contributed by atoms with E-state index in [4.69, 9.17) is 16.3 Å². The van der Waals surface area contributed by atoms with Gasteiger partial charge in [-0.15, -0.1) is 10.2 Å². The number of nitrogens with zero attached hydrogens (tertiary/aromatic N) is 3. The van der Waals surface area contributed by atoms with Crippen molar-refractivity contribution in [2.24, 2.45) is 0 Å². The molecule has 0 saturated heterocycles. The number of rotatable bonds is 10. The number of nitrogens with one attached hydrogen (secondary N) is 1. The zero-order chi connectivity index (χ0) is 22.2. The number of ether oxygens (including phenoxy) is 1. The van der Waals surface area contributed by atoms with Gasteiger partial charge in [0.1, 0.15) is 12.4 Å². The van der Waals surface area contributed by atoms with Crippen LogP contribution >= 0.6 is 23.4 Å². The van der Waals surface area contributed by atoms with Gasteiger partial charge in [-0.05, 0) is 48.2 Å². The van der Waals surface area contributed by atoms with Gasteiger partial charge in [0.15, 0.2) is 11.0 Å². The molecular weight excluding hydrogens is 432 g/mol. The lowest BCUT2D eigenvalue weighted by atomic mass is 10.0. The number of carbonyl (C=O) groups excluding carboxylic acids is 1. The number of amides is 1. The lowest BCUT2D eigenvalue weighted by Crippen LogP contribution is -2.24. The van der Waals surface area contributed by atoms with Crippen molar-refractivity contribution in [1.29, 1.82) is 0 Å². The maximum atomic E-state index is 12.2. The predicted molar refractivity (Wildman–Crippen MR) is 125 cm³/mol. The van der Waals surface area contributed by atoms with Crippen LogP contribution in [0.25, 0.3) is 0 Å². The maximum Gasteiger partial charge on any atom is 0.230 e. The average Bonchev–Trinajstić information content (AvgIpc) is 3.18. The molecule has 0 atom stereocenters. The van der Waals surface area contributed by atoms with Gasteiger partial charge in [-0.2, -0.15) is 0 Å². The van der Waals surface area contributed by atoms with Crippen molar-refractivity contribution in [2.45, 2.75) is 51.5 Å². The second-order valence-corrected chi connectivity index (χ2v) is 8.73. The van der Waals surface area contributed by atoms with Crippen molar-refractivity contribution in [3.8, 4) is 5.75 Å². The Morgan fingerprint density at radius 3 is 2.48 bits per heavy atom. The first kappa shape index (κ1) is 23.2. The predicted octanol–water partition coefficient (Wildman–Crippen LogP) is 5.06.